The predicted molar refractivity (Wildman–Crippen MR) is 55.4 cm³/mol. The summed E-state index contributed by atoms with van der Waals surface area (Å²) in [6.45, 7) is 2.12. The van der Waals surface area contributed by atoms with Gasteiger partial charge in [0.25, 0.3) is 5.24 Å². The second-order valence-corrected chi connectivity index (χ2v) is 4.07. The van der Waals surface area contributed by atoms with Crippen LogP contribution in [0.1, 0.15) is 19.8 Å². The van der Waals surface area contributed by atoms with Gasteiger partial charge in [-0.3, -0.25) is 19.3 Å². The van der Waals surface area contributed by atoms with E-state index in [1.165, 1.54) is 11.8 Å². The van der Waals surface area contributed by atoms with Gasteiger partial charge >= 0.3 is 5.97 Å². The van der Waals surface area contributed by atoms with Crippen LogP contribution < -0.4 is 0 Å². The largest absolute Gasteiger partial charge is 0.466 e. The summed E-state index contributed by atoms with van der Waals surface area (Å²) in [6.07, 6.45) is 1.34. The topological polar surface area (TPSA) is 63.7 Å². The molecule has 1 heterocycles. The molecular formula is C9H13NO4S. The third kappa shape index (κ3) is 3.91. The number of amides is 2. The number of nitrogens with zero attached hydrogens (tertiary/aromatic N) is 1. The first-order valence-corrected chi connectivity index (χ1v) is 5.70. The van der Waals surface area contributed by atoms with Gasteiger partial charge in [-0.1, -0.05) is 11.8 Å². The van der Waals surface area contributed by atoms with E-state index in [1.807, 2.05) is 0 Å². The van der Waals surface area contributed by atoms with Crippen molar-refractivity contribution in [3.63, 3.8) is 0 Å². The molecule has 0 aliphatic carbocycles. The summed E-state index contributed by atoms with van der Waals surface area (Å²) < 4.78 is 4.73. The number of carbonyl (C=O) groups is 3. The van der Waals surface area contributed by atoms with E-state index in [1.54, 1.807) is 0 Å². The molecule has 1 fully saturated rings. The average Bonchev–Trinajstić information content (AvgIpc) is 2.47. The zero-order valence-corrected chi connectivity index (χ0v) is 9.34. The Morgan fingerprint density at radius 3 is 2.73 bits per heavy atom. The Hall–Kier alpha value is -1.04. The van der Waals surface area contributed by atoms with E-state index in [0.717, 1.165) is 11.8 Å². The Kier molecular flexibility index (Phi) is 4.61. The average molecular weight is 231 g/mol. The van der Waals surface area contributed by atoms with Crippen LogP contribution in [-0.4, -0.2) is 40.9 Å². The monoisotopic (exact) mass is 231 g/mol. The summed E-state index contributed by atoms with van der Waals surface area (Å²) in [5.74, 6) is -0.181. The fraction of sp³-hybridized carbons (Fsp3) is 0.667. The highest BCUT2D eigenvalue weighted by atomic mass is 32.2. The standard InChI is InChI=1S/C9H13NO4S/c1-7(11)14-5-3-2-4-10-8(12)6-15-9(10)13/h2-6H2,1H3. The Morgan fingerprint density at radius 2 is 2.20 bits per heavy atom. The number of hydrogen-bond acceptors (Lipinski definition) is 5. The van der Waals surface area contributed by atoms with Gasteiger partial charge in [0.2, 0.25) is 5.91 Å². The van der Waals surface area contributed by atoms with Gasteiger partial charge in [-0.15, -0.1) is 0 Å². The van der Waals surface area contributed by atoms with E-state index in [0.29, 0.717) is 26.0 Å². The van der Waals surface area contributed by atoms with Crippen LogP contribution in [0.25, 0.3) is 0 Å². The molecule has 6 heteroatoms. The lowest BCUT2D eigenvalue weighted by molar-refractivity contribution is -0.141. The lowest BCUT2D eigenvalue weighted by Crippen LogP contribution is -2.29. The van der Waals surface area contributed by atoms with Crippen molar-refractivity contribution in [2.75, 3.05) is 18.9 Å². The van der Waals surface area contributed by atoms with Crippen LogP contribution in [0, 0.1) is 0 Å². The Morgan fingerprint density at radius 1 is 1.47 bits per heavy atom. The SMILES string of the molecule is CC(=O)OCCCCN1C(=O)CSC1=O. The number of imide groups is 1. The third-order valence-corrected chi connectivity index (χ3v) is 2.78. The molecule has 1 aliphatic rings. The molecule has 0 aromatic rings. The molecule has 84 valence electrons. The van der Waals surface area contributed by atoms with Gasteiger partial charge in [-0.05, 0) is 12.8 Å². The summed E-state index contributed by atoms with van der Waals surface area (Å²) in [5, 5.41) is -0.174. The minimum Gasteiger partial charge on any atom is -0.466 e. The molecule has 15 heavy (non-hydrogen) atoms. The zero-order chi connectivity index (χ0) is 11.3. The van der Waals surface area contributed by atoms with Gasteiger partial charge in [0.15, 0.2) is 0 Å². The summed E-state index contributed by atoms with van der Waals surface area (Å²) >= 11 is 1.03. The van der Waals surface area contributed by atoms with Crippen molar-refractivity contribution in [3.05, 3.63) is 0 Å². The van der Waals surface area contributed by atoms with Gasteiger partial charge in [-0.2, -0.15) is 0 Å². The fourth-order valence-corrected chi connectivity index (χ4v) is 1.94. The van der Waals surface area contributed by atoms with Gasteiger partial charge in [0.05, 0.1) is 12.4 Å². The Balaban J connectivity index is 2.12. The maximum absolute atomic E-state index is 11.2. The normalized spacial score (nSPS) is 15.9. The first-order chi connectivity index (χ1) is 7.11. The molecule has 0 spiro atoms. The van der Waals surface area contributed by atoms with E-state index in [9.17, 15) is 14.4 Å². The predicted octanol–water partition coefficient (Wildman–Crippen LogP) is 1.03. The van der Waals surface area contributed by atoms with Crippen LogP contribution in [0.2, 0.25) is 0 Å². The van der Waals surface area contributed by atoms with E-state index in [2.05, 4.69) is 0 Å². The lowest BCUT2D eigenvalue weighted by atomic mass is 10.3. The number of hydrogen-bond donors (Lipinski definition) is 0. The van der Waals surface area contributed by atoms with Crippen molar-refractivity contribution in [1.29, 1.82) is 0 Å². The highest BCUT2D eigenvalue weighted by Crippen LogP contribution is 2.18. The number of carbonyl (C=O) groups excluding carboxylic acids is 3. The van der Waals surface area contributed by atoms with Gasteiger partial charge in [0.1, 0.15) is 0 Å². The lowest BCUT2D eigenvalue weighted by Gasteiger charge is -2.11. The summed E-state index contributed by atoms with van der Waals surface area (Å²) in [4.78, 5) is 34.0. The number of rotatable bonds is 5. The molecule has 5 nitrogen and oxygen atoms in total. The second-order valence-electron chi connectivity index (χ2n) is 3.15. The summed E-state index contributed by atoms with van der Waals surface area (Å²) in [5.41, 5.74) is 0. The van der Waals surface area contributed by atoms with Crippen molar-refractivity contribution in [2.24, 2.45) is 0 Å². The van der Waals surface area contributed by atoms with Crippen LogP contribution in [0.5, 0.6) is 0 Å². The maximum atomic E-state index is 11.2. The first-order valence-electron chi connectivity index (χ1n) is 4.71. The minimum absolute atomic E-state index is 0.127. The van der Waals surface area contributed by atoms with Crippen LogP contribution in [0.3, 0.4) is 0 Å². The van der Waals surface area contributed by atoms with Crippen molar-refractivity contribution < 1.29 is 19.1 Å². The van der Waals surface area contributed by atoms with E-state index in [4.69, 9.17) is 4.74 Å². The molecule has 0 atom stereocenters. The molecule has 0 radical (unpaired) electrons. The molecule has 0 unspecified atom stereocenters. The third-order valence-electron chi connectivity index (χ3n) is 1.92. The van der Waals surface area contributed by atoms with E-state index in [-0.39, 0.29) is 22.9 Å². The van der Waals surface area contributed by atoms with Crippen molar-refractivity contribution in [1.82, 2.24) is 4.90 Å². The zero-order valence-electron chi connectivity index (χ0n) is 8.52. The minimum atomic E-state index is -0.307. The van der Waals surface area contributed by atoms with E-state index >= 15 is 0 Å². The fourth-order valence-electron chi connectivity index (χ4n) is 1.18. The molecule has 1 aliphatic heterocycles. The number of ether oxygens (including phenoxy) is 1. The summed E-state index contributed by atoms with van der Waals surface area (Å²) in [7, 11) is 0. The van der Waals surface area contributed by atoms with Gasteiger partial charge < -0.3 is 4.74 Å². The van der Waals surface area contributed by atoms with Crippen molar-refractivity contribution in [2.45, 2.75) is 19.8 Å². The molecule has 0 aromatic carbocycles. The van der Waals surface area contributed by atoms with Gasteiger partial charge in [-0.25, -0.2) is 0 Å². The van der Waals surface area contributed by atoms with Crippen LogP contribution >= 0.6 is 11.8 Å². The molecule has 0 N–H and O–H groups in total. The highest BCUT2D eigenvalue weighted by molar-refractivity contribution is 8.14. The van der Waals surface area contributed by atoms with Crippen LogP contribution in [0.15, 0.2) is 0 Å². The number of thioether (sulfide) groups is 1. The molecule has 0 aromatic heterocycles. The second kappa shape index (κ2) is 5.75. The summed E-state index contributed by atoms with van der Waals surface area (Å²) in [6, 6.07) is 0. The smallest absolute Gasteiger partial charge is 0.302 e. The molecule has 2 amide bonds. The van der Waals surface area contributed by atoms with Gasteiger partial charge in [0, 0.05) is 13.5 Å². The number of esters is 1. The molecular weight excluding hydrogens is 218 g/mol. The molecule has 1 saturated heterocycles. The van der Waals surface area contributed by atoms with Crippen LogP contribution in [-0.2, 0) is 14.3 Å². The van der Waals surface area contributed by atoms with Crippen molar-refractivity contribution in [3.8, 4) is 0 Å². The Bertz CT molecular complexity index is 263. The van der Waals surface area contributed by atoms with Crippen molar-refractivity contribution >= 4 is 28.9 Å². The van der Waals surface area contributed by atoms with E-state index < -0.39 is 0 Å². The molecule has 0 saturated carbocycles. The first kappa shape index (κ1) is 12.0. The van der Waals surface area contributed by atoms with Crippen LogP contribution in [0.4, 0.5) is 4.79 Å². The molecule has 1 rings (SSSR count). The quantitative estimate of drug-likeness (QED) is 0.522. The maximum Gasteiger partial charge on any atom is 0.302 e. The molecule has 0 bridgehead atoms. The highest BCUT2D eigenvalue weighted by Gasteiger charge is 2.28. The Labute approximate surface area is 92.1 Å². The number of unbranched alkanes of at least 4 members (excludes halogenated alkanes) is 1.